The van der Waals surface area contributed by atoms with Gasteiger partial charge in [0.1, 0.15) is 18.5 Å². The van der Waals surface area contributed by atoms with Crippen molar-refractivity contribution in [3.05, 3.63) is 123 Å². The molecule has 6 rings (SSSR count). The second-order valence-corrected chi connectivity index (χ2v) is 11.6. The molecule has 0 aliphatic carbocycles. The summed E-state index contributed by atoms with van der Waals surface area (Å²) >= 11 is 18.8. The van der Waals surface area contributed by atoms with Crippen LogP contribution in [0.15, 0.2) is 85.5 Å². The lowest BCUT2D eigenvalue weighted by molar-refractivity contribution is -0.189. The highest BCUT2D eigenvalue weighted by Crippen LogP contribution is 2.40. The lowest BCUT2D eigenvalue weighted by Gasteiger charge is -2.30. The van der Waals surface area contributed by atoms with Crippen LogP contribution in [0.4, 0.5) is 0 Å². The molecule has 4 aromatic rings. The van der Waals surface area contributed by atoms with Crippen molar-refractivity contribution >= 4 is 40.9 Å². The van der Waals surface area contributed by atoms with Crippen LogP contribution in [-0.2, 0) is 34.8 Å². The molecule has 9 heteroatoms. The zero-order valence-electron chi connectivity index (χ0n) is 22.4. The lowest BCUT2D eigenvalue weighted by Crippen LogP contribution is -2.34. The van der Waals surface area contributed by atoms with Gasteiger partial charge in [0.15, 0.2) is 0 Å². The van der Waals surface area contributed by atoms with Crippen LogP contribution in [0.5, 0.6) is 5.75 Å². The maximum Gasteiger partial charge on any atom is 0.215 e. The number of hydrogen-bond acceptors (Lipinski definition) is 5. The average molecular weight is 611 g/mol. The first kappa shape index (κ1) is 28.3. The summed E-state index contributed by atoms with van der Waals surface area (Å²) in [5, 5.41) is 1.80. The number of nitrogens with zero attached hydrogens (tertiary/aromatic N) is 3. The number of fused-ring (bicyclic) bond motifs is 1. The van der Waals surface area contributed by atoms with Crippen LogP contribution in [0, 0.1) is 0 Å². The minimum Gasteiger partial charge on any atom is -0.491 e. The summed E-state index contributed by atoms with van der Waals surface area (Å²) in [5.41, 5.74) is 4.49. The van der Waals surface area contributed by atoms with Crippen LogP contribution in [-0.4, -0.2) is 46.9 Å². The summed E-state index contributed by atoms with van der Waals surface area (Å²) in [6, 6.07) is 19.6. The number of hydrogen-bond donors (Lipinski definition) is 0. The Morgan fingerprint density at radius 1 is 1.02 bits per heavy atom. The molecule has 0 N–H and O–H groups in total. The van der Waals surface area contributed by atoms with Gasteiger partial charge >= 0.3 is 0 Å². The second-order valence-electron chi connectivity index (χ2n) is 10.3. The normalized spacial score (nSPS) is 20.9. The number of halogens is 3. The van der Waals surface area contributed by atoms with E-state index in [4.69, 9.17) is 49.0 Å². The van der Waals surface area contributed by atoms with Crippen molar-refractivity contribution in [1.82, 2.24) is 14.5 Å². The van der Waals surface area contributed by atoms with Gasteiger partial charge in [0.05, 0.1) is 24.5 Å². The molecule has 0 bridgehead atoms. The van der Waals surface area contributed by atoms with Crippen LogP contribution < -0.4 is 4.74 Å². The standard InChI is InChI=1S/C32H30Cl3N3O3/c33-26-5-1-3-23(15-26)4-2-12-37-13-10-24-16-28(8-6-25(24)18-37)39-19-29-20-40-32(41-29,21-38-14-11-36-22-38)30-9-7-27(34)17-31(30)35/h1-9,11,14-17,22,29H,10,12-13,18-21H2/t29-,32-/m0/s1. The predicted molar refractivity (Wildman–Crippen MR) is 163 cm³/mol. The summed E-state index contributed by atoms with van der Waals surface area (Å²) in [6.45, 7) is 3.92. The molecule has 0 radical (unpaired) electrons. The van der Waals surface area contributed by atoms with Gasteiger partial charge in [-0.3, -0.25) is 4.90 Å². The minimum atomic E-state index is -1.07. The summed E-state index contributed by atoms with van der Waals surface area (Å²) in [7, 11) is 0. The molecule has 0 spiro atoms. The SMILES string of the molecule is Clc1cccc(C=CCN2CCc3cc(OC[C@H]4CO[C@](Cn5ccnc5)(c5ccc(Cl)cc5Cl)O4)ccc3C2)c1. The van der Waals surface area contributed by atoms with E-state index >= 15 is 0 Å². The van der Waals surface area contributed by atoms with E-state index in [2.05, 4.69) is 40.2 Å². The molecule has 0 unspecified atom stereocenters. The van der Waals surface area contributed by atoms with E-state index in [1.54, 1.807) is 24.7 Å². The smallest absolute Gasteiger partial charge is 0.215 e. The lowest BCUT2D eigenvalue weighted by atomic mass is 9.99. The van der Waals surface area contributed by atoms with E-state index in [0.717, 1.165) is 48.0 Å². The first-order chi connectivity index (χ1) is 20.0. The highest BCUT2D eigenvalue weighted by molar-refractivity contribution is 6.35. The summed E-state index contributed by atoms with van der Waals surface area (Å²) < 4.78 is 20.9. The molecule has 2 atom stereocenters. The van der Waals surface area contributed by atoms with Crippen LogP contribution in [0.25, 0.3) is 6.08 Å². The fourth-order valence-electron chi connectivity index (χ4n) is 5.35. The Kier molecular flexibility index (Phi) is 8.68. The Balaban J connectivity index is 1.07. The number of imidazole rings is 1. The highest BCUT2D eigenvalue weighted by Gasteiger charge is 2.45. The molecule has 212 valence electrons. The number of benzene rings is 3. The van der Waals surface area contributed by atoms with Gasteiger partial charge in [-0.05, 0) is 59.5 Å². The fraction of sp³-hybridized carbons (Fsp3) is 0.281. The van der Waals surface area contributed by atoms with Gasteiger partial charge in [-0.1, -0.05) is 71.2 Å². The van der Waals surface area contributed by atoms with Crippen molar-refractivity contribution in [1.29, 1.82) is 0 Å². The third kappa shape index (κ3) is 6.81. The molecule has 2 aliphatic rings. The third-order valence-electron chi connectivity index (χ3n) is 7.38. The molecule has 41 heavy (non-hydrogen) atoms. The van der Waals surface area contributed by atoms with Crippen molar-refractivity contribution in [2.75, 3.05) is 26.3 Å². The Hall–Kier alpha value is -2.84. The molecule has 0 saturated carbocycles. The topological polar surface area (TPSA) is 48.8 Å². The Labute approximate surface area is 255 Å². The van der Waals surface area contributed by atoms with Crippen LogP contribution in [0.1, 0.15) is 22.3 Å². The zero-order valence-corrected chi connectivity index (χ0v) is 24.7. The highest BCUT2D eigenvalue weighted by atomic mass is 35.5. The van der Waals surface area contributed by atoms with Crippen molar-refractivity contribution in [2.24, 2.45) is 0 Å². The zero-order chi connectivity index (χ0) is 28.2. The Morgan fingerprint density at radius 3 is 2.76 bits per heavy atom. The van der Waals surface area contributed by atoms with Crippen molar-refractivity contribution < 1.29 is 14.2 Å². The van der Waals surface area contributed by atoms with Gasteiger partial charge in [-0.25, -0.2) is 4.98 Å². The van der Waals surface area contributed by atoms with Crippen LogP contribution in [0.2, 0.25) is 15.1 Å². The Bertz CT molecular complexity index is 1530. The molecule has 1 aromatic heterocycles. The second kappa shape index (κ2) is 12.6. The van der Waals surface area contributed by atoms with E-state index in [1.165, 1.54) is 11.1 Å². The maximum atomic E-state index is 6.59. The predicted octanol–water partition coefficient (Wildman–Crippen LogP) is 7.26. The summed E-state index contributed by atoms with van der Waals surface area (Å²) in [4.78, 5) is 6.59. The average Bonchev–Trinajstić information content (AvgIpc) is 3.62. The van der Waals surface area contributed by atoms with E-state index in [0.29, 0.717) is 29.8 Å². The van der Waals surface area contributed by atoms with E-state index in [9.17, 15) is 0 Å². The van der Waals surface area contributed by atoms with Gasteiger partial charge < -0.3 is 18.8 Å². The van der Waals surface area contributed by atoms with E-state index in [-0.39, 0.29) is 6.10 Å². The summed E-state index contributed by atoms with van der Waals surface area (Å²) in [5.74, 6) is -0.241. The molecule has 0 amide bonds. The molecular formula is C32H30Cl3N3O3. The monoisotopic (exact) mass is 609 g/mol. The summed E-state index contributed by atoms with van der Waals surface area (Å²) in [6.07, 6.45) is 10.3. The molecular weight excluding hydrogens is 581 g/mol. The molecule has 3 heterocycles. The Morgan fingerprint density at radius 2 is 1.93 bits per heavy atom. The van der Waals surface area contributed by atoms with Crippen molar-refractivity contribution in [3.8, 4) is 5.75 Å². The van der Waals surface area contributed by atoms with E-state index < -0.39 is 5.79 Å². The first-order valence-electron chi connectivity index (χ1n) is 13.6. The number of ether oxygens (including phenoxy) is 3. The quantitative estimate of drug-likeness (QED) is 0.200. The fourth-order valence-corrected chi connectivity index (χ4v) is 6.10. The molecule has 3 aromatic carbocycles. The van der Waals surface area contributed by atoms with Gasteiger partial charge in [-0.2, -0.15) is 0 Å². The molecule has 1 fully saturated rings. The third-order valence-corrected chi connectivity index (χ3v) is 8.16. The van der Waals surface area contributed by atoms with Gasteiger partial charge in [0.2, 0.25) is 5.79 Å². The van der Waals surface area contributed by atoms with Gasteiger partial charge in [0, 0.05) is 47.6 Å². The van der Waals surface area contributed by atoms with Crippen LogP contribution >= 0.6 is 34.8 Å². The van der Waals surface area contributed by atoms with Crippen molar-refractivity contribution in [2.45, 2.75) is 31.4 Å². The number of rotatable bonds is 9. The minimum absolute atomic E-state index is 0.275. The van der Waals surface area contributed by atoms with E-state index in [1.807, 2.05) is 41.1 Å². The molecule has 1 saturated heterocycles. The maximum absolute atomic E-state index is 6.59. The van der Waals surface area contributed by atoms with Gasteiger partial charge in [0.25, 0.3) is 0 Å². The van der Waals surface area contributed by atoms with Crippen molar-refractivity contribution in [3.63, 3.8) is 0 Å². The largest absolute Gasteiger partial charge is 0.491 e. The van der Waals surface area contributed by atoms with Gasteiger partial charge in [-0.15, -0.1) is 0 Å². The first-order valence-corrected chi connectivity index (χ1v) is 14.7. The van der Waals surface area contributed by atoms with Crippen LogP contribution in [0.3, 0.4) is 0 Å². The number of aromatic nitrogens is 2. The molecule has 2 aliphatic heterocycles. The molecule has 6 nitrogen and oxygen atoms in total.